The number of nitrogens with one attached hydrogen (secondary N) is 1. The number of benzene rings is 1. The predicted molar refractivity (Wildman–Crippen MR) is 75.6 cm³/mol. The third kappa shape index (κ3) is 3.19. The van der Waals surface area contributed by atoms with E-state index in [4.69, 9.17) is 0 Å². The summed E-state index contributed by atoms with van der Waals surface area (Å²) >= 11 is 1.76. The second-order valence-electron chi connectivity index (χ2n) is 4.20. The zero-order valence-electron chi connectivity index (χ0n) is 10.4. The Kier molecular flexibility index (Phi) is 4.52. The summed E-state index contributed by atoms with van der Waals surface area (Å²) in [6, 6.07) is 14.3. The van der Waals surface area contributed by atoms with Gasteiger partial charge in [0.05, 0.1) is 6.07 Å². The molecule has 1 aromatic carbocycles. The van der Waals surface area contributed by atoms with Crippen molar-refractivity contribution in [2.75, 3.05) is 6.54 Å². The first kappa shape index (κ1) is 12.8. The lowest BCUT2D eigenvalue weighted by molar-refractivity contribution is 0.629. The molecule has 0 aliphatic carbocycles. The molecule has 0 amide bonds. The van der Waals surface area contributed by atoms with Crippen LogP contribution < -0.4 is 5.32 Å². The van der Waals surface area contributed by atoms with Crippen molar-refractivity contribution in [2.45, 2.75) is 19.4 Å². The average Bonchev–Trinajstić information content (AvgIpc) is 2.89. The van der Waals surface area contributed by atoms with Crippen molar-refractivity contribution in [1.29, 1.82) is 5.26 Å². The minimum absolute atomic E-state index is 0.217. The minimum Gasteiger partial charge on any atom is -0.298 e. The number of hydrogen-bond acceptors (Lipinski definition) is 3. The summed E-state index contributed by atoms with van der Waals surface area (Å²) in [5.41, 5.74) is 2.24. The zero-order chi connectivity index (χ0) is 12.8. The molecule has 0 radical (unpaired) electrons. The van der Waals surface area contributed by atoms with Gasteiger partial charge in [-0.15, -0.1) is 11.3 Å². The van der Waals surface area contributed by atoms with Gasteiger partial charge in [-0.05, 0) is 35.9 Å². The van der Waals surface area contributed by atoms with Gasteiger partial charge in [0.25, 0.3) is 0 Å². The molecule has 0 aliphatic heterocycles. The van der Waals surface area contributed by atoms with E-state index in [-0.39, 0.29) is 6.04 Å². The van der Waals surface area contributed by atoms with Crippen LogP contribution in [0.25, 0.3) is 0 Å². The van der Waals surface area contributed by atoms with Gasteiger partial charge in [0.2, 0.25) is 0 Å². The van der Waals surface area contributed by atoms with Crippen molar-refractivity contribution in [3.05, 3.63) is 57.8 Å². The van der Waals surface area contributed by atoms with Crippen molar-refractivity contribution in [3.63, 3.8) is 0 Å². The molecule has 1 aromatic heterocycles. The quantitative estimate of drug-likeness (QED) is 0.889. The summed E-state index contributed by atoms with van der Waals surface area (Å²) in [4.78, 5) is 1.35. The van der Waals surface area contributed by atoms with E-state index in [0.29, 0.717) is 0 Å². The Bertz CT molecular complexity index is 526. The fraction of sp³-hybridized carbons (Fsp3) is 0.267. The summed E-state index contributed by atoms with van der Waals surface area (Å²) in [5.74, 6) is 0. The molecular formula is C15H16N2S. The van der Waals surface area contributed by atoms with Crippen molar-refractivity contribution in [2.24, 2.45) is 0 Å². The Morgan fingerprint density at radius 2 is 2.11 bits per heavy atom. The molecule has 3 heteroatoms. The maximum absolute atomic E-state index is 9.25. The van der Waals surface area contributed by atoms with E-state index in [1.54, 1.807) is 11.3 Å². The van der Waals surface area contributed by atoms with Crippen LogP contribution in [-0.4, -0.2) is 6.54 Å². The molecule has 92 valence electrons. The molecule has 1 N–H and O–H groups in total. The van der Waals surface area contributed by atoms with Crippen LogP contribution in [0.2, 0.25) is 0 Å². The smallest absolute Gasteiger partial charge is 0.121 e. The SMILES string of the molecule is Cc1ccccc1C(C#N)NCCc1cccs1. The third-order valence-corrected chi connectivity index (χ3v) is 3.86. The lowest BCUT2D eigenvalue weighted by Gasteiger charge is -2.13. The highest BCUT2D eigenvalue weighted by atomic mass is 32.1. The summed E-state index contributed by atoms with van der Waals surface area (Å²) in [6.07, 6.45) is 0.974. The van der Waals surface area contributed by atoms with Crippen LogP contribution in [0.3, 0.4) is 0 Å². The predicted octanol–water partition coefficient (Wildman–Crippen LogP) is 3.45. The molecule has 1 unspecified atom stereocenters. The van der Waals surface area contributed by atoms with E-state index in [9.17, 15) is 5.26 Å². The summed E-state index contributed by atoms with van der Waals surface area (Å²) in [6.45, 7) is 2.87. The van der Waals surface area contributed by atoms with Crippen LogP contribution in [0.15, 0.2) is 41.8 Å². The maximum atomic E-state index is 9.25. The van der Waals surface area contributed by atoms with Crippen LogP contribution in [0.1, 0.15) is 22.0 Å². The van der Waals surface area contributed by atoms with E-state index in [1.807, 2.05) is 31.2 Å². The van der Waals surface area contributed by atoms with Crippen molar-refractivity contribution < 1.29 is 0 Å². The van der Waals surface area contributed by atoms with E-state index in [2.05, 4.69) is 28.9 Å². The Balaban J connectivity index is 1.94. The highest BCUT2D eigenvalue weighted by molar-refractivity contribution is 7.09. The Morgan fingerprint density at radius 1 is 1.28 bits per heavy atom. The Morgan fingerprint density at radius 3 is 2.78 bits per heavy atom. The van der Waals surface area contributed by atoms with Gasteiger partial charge in [0, 0.05) is 11.4 Å². The summed E-state index contributed by atoms with van der Waals surface area (Å²) in [7, 11) is 0. The van der Waals surface area contributed by atoms with Crippen molar-refractivity contribution in [3.8, 4) is 6.07 Å². The number of nitriles is 1. The minimum atomic E-state index is -0.217. The second-order valence-corrected chi connectivity index (χ2v) is 5.23. The van der Waals surface area contributed by atoms with Gasteiger partial charge in [0.15, 0.2) is 0 Å². The first-order chi connectivity index (χ1) is 8.81. The standard InChI is InChI=1S/C15H16N2S/c1-12-5-2-3-7-14(12)15(11-16)17-9-8-13-6-4-10-18-13/h2-7,10,15,17H,8-9H2,1H3. The van der Waals surface area contributed by atoms with Crippen LogP contribution in [0, 0.1) is 18.3 Å². The summed E-state index contributed by atoms with van der Waals surface area (Å²) < 4.78 is 0. The van der Waals surface area contributed by atoms with Crippen molar-refractivity contribution in [1.82, 2.24) is 5.32 Å². The molecule has 0 saturated carbocycles. The average molecular weight is 256 g/mol. The Labute approximate surface area is 112 Å². The molecule has 1 atom stereocenters. The zero-order valence-corrected chi connectivity index (χ0v) is 11.2. The van der Waals surface area contributed by atoms with Crippen LogP contribution in [0.5, 0.6) is 0 Å². The van der Waals surface area contributed by atoms with E-state index in [0.717, 1.165) is 24.1 Å². The molecule has 18 heavy (non-hydrogen) atoms. The van der Waals surface area contributed by atoms with Gasteiger partial charge in [-0.25, -0.2) is 0 Å². The molecular weight excluding hydrogens is 240 g/mol. The first-order valence-corrected chi connectivity index (χ1v) is 6.90. The fourth-order valence-electron chi connectivity index (χ4n) is 1.93. The third-order valence-electron chi connectivity index (χ3n) is 2.93. The number of nitrogens with zero attached hydrogens (tertiary/aromatic N) is 1. The lowest BCUT2D eigenvalue weighted by atomic mass is 10.0. The number of hydrogen-bond donors (Lipinski definition) is 1. The first-order valence-electron chi connectivity index (χ1n) is 6.02. The number of aryl methyl sites for hydroxylation is 1. The number of thiophene rings is 1. The molecule has 2 aromatic rings. The molecule has 0 fully saturated rings. The molecule has 2 rings (SSSR count). The van der Waals surface area contributed by atoms with Crippen LogP contribution >= 0.6 is 11.3 Å². The topological polar surface area (TPSA) is 35.8 Å². The lowest BCUT2D eigenvalue weighted by Crippen LogP contribution is -2.23. The van der Waals surface area contributed by atoms with Crippen LogP contribution in [-0.2, 0) is 6.42 Å². The monoisotopic (exact) mass is 256 g/mol. The number of rotatable bonds is 5. The largest absolute Gasteiger partial charge is 0.298 e. The molecule has 1 heterocycles. The van der Waals surface area contributed by atoms with E-state index >= 15 is 0 Å². The normalized spacial score (nSPS) is 12.0. The second kappa shape index (κ2) is 6.34. The highest BCUT2D eigenvalue weighted by Crippen LogP contribution is 2.17. The van der Waals surface area contributed by atoms with Gasteiger partial charge < -0.3 is 0 Å². The summed E-state index contributed by atoms with van der Waals surface area (Å²) in [5, 5.41) is 14.6. The molecule has 0 aliphatic rings. The van der Waals surface area contributed by atoms with Gasteiger partial charge in [0.1, 0.15) is 6.04 Å². The maximum Gasteiger partial charge on any atom is 0.121 e. The van der Waals surface area contributed by atoms with Gasteiger partial charge in [-0.1, -0.05) is 30.3 Å². The molecule has 0 saturated heterocycles. The molecule has 0 spiro atoms. The molecule has 0 bridgehead atoms. The van der Waals surface area contributed by atoms with Crippen molar-refractivity contribution >= 4 is 11.3 Å². The highest BCUT2D eigenvalue weighted by Gasteiger charge is 2.11. The van der Waals surface area contributed by atoms with Gasteiger partial charge in [-0.3, -0.25) is 5.32 Å². The van der Waals surface area contributed by atoms with Gasteiger partial charge in [-0.2, -0.15) is 5.26 Å². The Hall–Kier alpha value is -1.63. The van der Waals surface area contributed by atoms with Crippen LogP contribution in [0.4, 0.5) is 0 Å². The molecule has 2 nitrogen and oxygen atoms in total. The fourth-order valence-corrected chi connectivity index (χ4v) is 2.64. The van der Waals surface area contributed by atoms with E-state index in [1.165, 1.54) is 4.88 Å². The van der Waals surface area contributed by atoms with Gasteiger partial charge >= 0.3 is 0 Å². The van der Waals surface area contributed by atoms with E-state index < -0.39 is 0 Å².